The lowest BCUT2D eigenvalue weighted by Gasteiger charge is -2.24. The Bertz CT molecular complexity index is 643. The first-order chi connectivity index (χ1) is 11.2. The minimum Gasteiger partial charge on any atom is -0.486 e. The molecule has 1 aromatic rings. The third-order valence-corrected chi connectivity index (χ3v) is 3.14. The highest BCUT2D eigenvalue weighted by Crippen LogP contribution is 2.37. The van der Waals surface area contributed by atoms with Crippen LogP contribution in [0, 0.1) is 5.82 Å². The number of rotatable bonds is 3. The molecule has 0 saturated carbocycles. The van der Waals surface area contributed by atoms with Gasteiger partial charge in [-0.15, -0.1) is 0 Å². The lowest BCUT2D eigenvalue weighted by atomic mass is 10.2. The zero-order valence-electron chi connectivity index (χ0n) is 14.2. The number of alkyl carbamates (subject to hydrolysis) is 1. The van der Waals surface area contributed by atoms with E-state index in [1.165, 1.54) is 19.1 Å². The third-order valence-electron chi connectivity index (χ3n) is 3.14. The summed E-state index contributed by atoms with van der Waals surface area (Å²) in [5, 5.41) is 8.09. The van der Waals surface area contributed by atoms with Gasteiger partial charge in [0.15, 0.2) is 11.6 Å². The Morgan fingerprint density at radius 2 is 2.08 bits per heavy atom. The van der Waals surface area contributed by atoms with E-state index in [1.807, 2.05) is 0 Å². The van der Waals surface area contributed by atoms with Crippen molar-refractivity contribution in [1.82, 2.24) is 5.32 Å². The molecule has 0 aromatic heterocycles. The maximum atomic E-state index is 13.7. The molecular formula is C16H22FN3O4. The lowest BCUT2D eigenvalue weighted by Crippen LogP contribution is -2.44. The molecule has 0 bridgehead atoms. The second kappa shape index (κ2) is 6.94. The Morgan fingerprint density at radius 3 is 2.75 bits per heavy atom. The Labute approximate surface area is 139 Å². The molecule has 24 heavy (non-hydrogen) atoms. The Morgan fingerprint density at radius 1 is 1.38 bits per heavy atom. The summed E-state index contributed by atoms with van der Waals surface area (Å²) in [7, 11) is 0. The molecule has 1 aliphatic heterocycles. The van der Waals surface area contributed by atoms with E-state index in [1.54, 1.807) is 20.8 Å². The van der Waals surface area contributed by atoms with Crippen LogP contribution in [0.1, 0.15) is 27.7 Å². The van der Waals surface area contributed by atoms with Crippen LogP contribution in [0.3, 0.4) is 0 Å². The van der Waals surface area contributed by atoms with Crippen LogP contribution < -0.4 is 20.7 Å². The van der Waals surface area contributed by atoms with E-state index in [0.29, 0.717) is 24.5 Å². The summed E-state index contributed by atoms with van der Waals surface area (Å²) in [6, 6.07) is 1.83. The van der Waals surface area contributed by atoms with Gasteiger partial charge in [0, 0.05) is 6.54 Å². The highest BCUT2D eigenvalue weighted by molar-refractivity contribution is 5.99. The van der Waals surface area contributed by atoms with Gasteiger partial charge >= 0.3 is 6.09 Å². The molecule has 1 aromatic carbocycles. The predicted molar refractivity (Wildman–Crippen MR) is 87.8 cm³/mol. The van der Waals surface area contributed by atoms with Crippen molar-refractivity contribution in [3.8, 4) is 5.75 Å². The molecule has 0 fully saturated rings. The van der Waals surface area contributed by atoms with Gasteiger partial charge in [-0.1, -0.05) is 0 Å². The smallest absolute Gasteiger partial charge is 0.408 e. The highest BCUT2D eigenvalue weighted by atomic mass is 19.1. The van der Waals surface area contributed by atoms with Gasteiger partial charge in [-0.2, -0.15) is 0 Å². The van der Waals surface area contributed by atoms with Crippen molar-refractivity contribution in [3.05, 3.63) is 17.9 Å². The first-order valence-corrected chi connectivity index (χ1v) is 7.67. The van der Waals surface area contributed by atoms with Crippen LogP contribution in [0.15, 0.2) is 12.1 Å². The third kappa shape index (κ3) is 4.50. The topological polar surface area (TPSA) is 88.7 Å². The second-order valence-corrected chi connectivity index (χ2v) is 6.43. The van der Waals surface area contributed by atoms with E-state index in [0.717, 1.165) is 0 Å². The number of anilines is 2. The van der Waals surface area contributed by atoms with Gasteiger partial charge in [-0.3, -0.25) is 4.79 Å². The van der Waals surface area contributed by atoms with Crippen LogP contribution in [0.25, 0.3) is 0 Å². The summed E-state index contributed by atoms with van der Waals surface area (Å²) < 4.78 is 24.1. The number of hydrogen-bond donors (Lipinski definition) is 3. The molecule has 132 valence electrons. The molecule has 8 heteroatoms. The van der Waals surface area contributed by atoms with Crippen molar-refractivity contribution < 1.29 is 23.5 Å². The molecule has 7 nitrogen and oxygen atoms in total. The molecule has 0 saturated heterocycles. The molecule has 0 aliphatic carbocycles. The van der Waals surface area contributed by atoms with Crippen LogP contribution in [0.4, 0.5) is 20.6 Å². The van der Waals surface area contributed by atoms with E-state index in [2.05, 4.69) is 16.0 Å². The van der Waals surface area contributed by atoms with Crippen LogP contribution in [-0.4, -0.2) is 36.8 Å². The number of benzene rings is 1. The highest BCUT2D eigenvalue weighted by Gasteiger charge is 2.24. The monoisotopic (exact) mass is 339 g/mol. The van der Waals surface area contributed by atoms with Gasteiger partial charge < -0.3 is 25.4 Å². The molecule has 0 spiro atoms. The number of halogens is 1. The first-order valence-electron chi connectivity index (χ1n) is 7.67. The minimum absolute atomic E-state index is 0.0757. The quantitative estimate of drug-likeness (QED) is 0.787. The van der Waals surface area contributed by atoms with Crippen molar-refractivity contribution in [3.63, 3.8) is 0 Å². The maximum Gasteiger partial charge on any atom is 0.408 e. The number of fused-ring (bicyclic) bond motifs is 1. The van der Waals surface area contributed by atoms with Gasteiger partial charge in [-0.05, 0) is 39.8 Å². The average molecular weight is 339 g/mol. The van der Waals surface area contributed by atoms with Gasteiger partial charge in [0.1, 0.15) is 23.9 Å². The number of carbonyl (C=O) groups is 2. The average Bonchev–Trinajstić information content (AvgIpc) is 2.48. The van der Waals surface area contributed by atoms with Crippen molar-refractivity contribution >= 4 is 23.4 Å². The summed E-state index contributed by atoms with van der Waals surface area (Å²) in [6.45, 7) is 7.57. The standard InChI is InChI=1S/C16H22FN3O4/c1-9(19-15(22)24-16(2,3)4)14(21)20-11-6-5-10(17)13-12(11)18-7-8-23-13/h5-6,9,18H,7-8H2,1-4H3,(H,19,22)(H,20,21). The van der Waals surface area contributed by atoms with Gasteiger partial charge in [0.25, 0.3) is 0 Å². The predicted octanol–water partition coefficient (Wildman–Crippen LogP) is 2.48. The summed E-state index contributed by atoms with van der Waals surface area (Å²) in [5.41, 5.74) is 0.116. The fraction of sp³-hybridized carbons (Fsp3) is 0.500. The molecule has 2 rings (SSSR count). The Kier molecular flexibility index (Phi) is 5.16. The number of amides is 2. The maximum absolute atomic E-state index is 13.7. The second-order valence-electron chi connectivity index (χ2n) is 6.43. The fourth-order valence-electron chi connectivity index (χ4n) is 2.10. The van der Waals surface area contributed by atoms with Crippen LogP contribution in [0.2, 0.25) is 0 Å². The lowest BCUT2D eigenvalue weighted by molar-refractivity contribution is -0.117. The Balaban J connectivity index is 2.03. The number of carbonyl (C=O) groups excluding carboxylic acids is 2. The first kappa shape index (κ1) is 17.8. The van der Waals surface area contributed by atoms with Crippen LogP contribution in [0.5, 0.6) is 5.75 Å². The Hall–Kier alpha value is -2.51. The molecule has 1 heterocycles. The molecule has 1 atom stereocenters. The molecule has 1 unspecified atom stereocenters. The zero-order valence-corrected chi connectivity index (χ0v) is 14.2. The molecule has 0 radical (unpaired) electrons. The number of hydrogen-bond acceptors (Lipinski definition) is 5. The summed E-state index contributed by atoms with van der Waals surface area (Å²) in [5.74, 6) is -0.885. The summed E-state index contributed by atoms with van der Waals surface area (Å²) in [4.78, 5) is 23.9. The van der Waals surface area contributed by atoms with E-state index < -0.39 is 29.5 Å². The summed E-state index contributed by atoms with van der Waals surface area (Å²) >= 11 is 0. The van der Waals surface area contributed by atoms with E-state index in [4.69, 9.17) is 9.47 Å². The van der Waals surface area contributed by atoms with Gasteiger partial charge in [0.2, 0.25) is 5.91 Å². The fourth-order valence-corrected chi connectivity index (χ4v) is 2.10. The van der Waals surface area contributed by atoms with Gasteiger partial charge in [0.05, 0.1) is 5.69 Å². The zero-order chi connectivity index (χ0) is 17.9. The van der Waals surface area contributed by atoms with E-state index in [-0.39, 0.29) is 5.75 Å². The molecule has 2 amide bonds. The van der Waals surface area contributed by atoms with E-state index >= 15 is 0 Å². The minimum atomic E-state index is -0.829. The normalized spacial score (nSPS) is 14.5. The van der Waals surface area contributed by atoms with Crippen molar-refractivity contribution in [2.45, 2.75) is 39.3 Å². The van der Waals surface area contributed by atoms with Crippen LogP contribution >= 0.6 is 0 Å². The van der Waals surface area contributed by atoms with Crippen LogP contribution in [-0.2, 0) is 9.53 Å². The van der Waals surface area contributed by atoms with Gasteiger partial charge in [-0.25, -0.2) is 9.18 Å². The number of ether oxygens (including phenoxy) is 2. The SMILES string of the molecule is CC(NC(=O)OC(C)(C)C)C(=O)Nc1ccc(F)c2c1NCCO2. The van der Waals surface area contributed by atoms with Crippen molar-refractivity contribution in [1.29, 1.82) is 0 Å². The largest absolute Gasteiger partial charge is 0.486 e. The molecule has 3 N–H and O–H groups in total. The molecule has 1 aliphatic rings. The van der Waals surface area contributed by atoms with Crippen molar-refractivity contribution in [2.24, 2.45) is 0 Å². The summed E-state index contributed by atoms with van der Waals surface area (Å²) in [6.07, 6.45) is -0.687. The van der Waals surface area contributed by atoms with E-state index in [9.17, 15) is 14.0 Å². The number of nitrogens with one attached hydrogen (secondary N) is 3. The molecular weight excluding hydrogens is 317 g/mol. The van der Waals surface area contributed by atoms with Crippen molar-refractivity contribution in [2.75, 3.05) is 23.8 Å².